The van der Waals surface area contributed by atoms with E-state index in [0.29, 0.717) is 18.8 Å². The van der Waals surface area contributed by atoms with Crippen molar-refractivity contribution in [2.75, 3.05) is 26.0 Å². The molecule has 0 spiro atoms. The molecule has 0 fully saturated rings. The van der Waals surface area contributed by atoms with Crippen LogP contribution in [0.15, 0.2) is 41.7 Å². The second-order valence-corrected chi connectivity index (χ2v) is 5.18. The van der Waals surface area contributed by atoms with E-state index in [0.717, 1.165) is 10.8 Å². The van der Waals surface area contributed by atoms with Crippen LogP contribution in [0, 0.1) is 0 Å². The van der Waals surface area contributed by atoms with Crippen molar-refractivity contribution in [3.63, 3.8) is 0 Å². The smallest absolute Gasteiger partial charge is 0.272 e. The van der Waals surface area contributed by atoms with Crippen LogP contribution in [-0.4, -0.2) is 51.4 Å². The van der Waals surface area contributed by atoms with Crippen molar-refractivity contribution in [1.82, 2.24) is 14.5 Å². The minimum absolute atomic E-state index is 0.0472. The van der Waals surface area contributed by atoms with Gasteiger partial charge in [-0.3, -0.25) is 9.36 Å². The van der Waals surface area contributed by atoms with Crippen LogP contribution in [0.25, 0.3) is 5.69 Å². The molecule has 0 bridgehead atoms. The molecule has 21 heavy (non-hydrogen) atoms. The van der Waals surface area contributed by atoms with Crippen molar-refractivity contribution in [2.24, 2.45) is 0 Å². The molecule has 0 unspecified atom stereocenters. The van der Waals surface area contributed by atoms with E-state index in [1.807, 2.05) is 48.1 Å². The third kappa shape index (κ3) is 3.28. The molecule has 112 valence electrons. The van der Waals surface area contributed by atoms with E-state index in [-0.39, 0.29) is 12.5 Å². The monoisotopic (exact) mass is 305 g/mol. The van der Waals surface area contributed by atoms with Crippen LogP contribution in [0.3, 0.4) is 0 Å². The van der Waals surface area contributed by atoms with Crippen LogP contribution in [0.1, 0.15) is 17.4 Å². The van der Waals surface area contributed by atoms with Gasteiger partial charge in [0.15, 0.2) is 5.16 Å². The molecule has 0 saturated heterocycles. The minimum atomic E-state index is -0.122. The Hall–Kier alpha value is -1.79. The second-order valence-electron chi connectivity index (χ2n) is 4.41. The standard InChI is InChI=1S/C15H19N3O2S/c1-3-17(9-10-19)14(20)13-11-16-15(21-2)18(13)12-7-5-4-6-8-12/h4-8,11,19H,3,9-10H2,1-2H3. The molecule has 1 aromatic heterocycles. The number of carbonyl (C=O) groups excluding carboxylic acids is 1. The molecular weight excluding hydrogens is 286 g/mol. The van der Waals surface area contributed by atoms with Crippen molar-refractivity contribution in [2.45, 2.75) is 12.1 Å². The van der Waals surface area contributed by atoms with Crippen molar-refractivity contribution < 1.29 is 9.90 Å². The lowest BCUT2D eigenvalue weighted by molar-refractivity contribution is 0.0723. The van der Waals surface area contributed by atoms with Gasteiger partial charge in [0.1, 0.15) is 5.69 Å². The maximum absolute atomic E-state index is 12.6. The van der Waals surface area contributed by atoms with E-state index >= 15 is 0 Å². The van der Waals surface area contributed by atoms with Gasteiger partial charge in [0.2, 0.25) is 0 Å². The molecule has 0 saturated carbocycles. The quantitative estimate of drug-likeness (QED) is 0.830. The summed E-state index contributed by atoms with van der Waals surface area (Å²) in [7, 11) is 0. The zero-order valence-corrected chi connectivity index (χ0v) is 13.0. The zero-order chi connectivity index (χ0) is 15.2. The summed E-state index contributed by atoms with van der Waals surface area (Å²) in [6, 6.07) is 9.68. The van der Waals surface area contributed by atoms with E-state index in [1.54, 1.807) is 11.1 Å². The highest BCUT2D eigenvalue weighted by atomic mass is 32.2. The topological polar surface area (TPSA) is 58.4 Å². The summed E-state index contributed by atoms with van der Waals surface area (Å²) < 4.78 is 1.85. The van der Waals surface area contributed by atoms with E-state index in [2.05, 4.69) is 4.98 Å². The molecule has 6 heteroatoms. The number of aliphatic hydroxyl groups is 1. The van der Waals surface area contributed by atoms with Gasteiger partial charge in [-0.1, -0.05) is 30.0 Å². The highest BCUT2D eigenvalue weighted by Gasteiger charge is 2.21. The van der Waals surface area contributed by atoms with E-state index in [1.165, 1.54) is 11.8 Å². The van der Waals surface area contributed by atoms with Gasteiger partial charge >= 0.3 is 0 Å². The predicted octanol–water partition coefficient (Wildman–Crippen LogP) is 2.05. The molecule has 0 atom stereocenters. The summed E-state index contributed by atoms with van der Waals surface area (Å²) in [6.07, 6.45) is 3.53. The largest absolute Gasteiger partial charge is 0.395 e. The Morgan fingerprint density at radius 2 is 2.10 bits per heavy atom. The van der Waals surface area contributed by atoms with Crippen molar-refractivity contribution in [3.05, 3.63) is 42.2 Å². The lowest BCUT2D eigenvalue weighted by Gasteiger charge is -2.20. The number of hydrogen-bond donors (Lipinski definition) is 1. The number of aromatic nitrogens is 2. The number of benzene rings is 1. The predicted molar refractivity (Wildman–Crippen MR) is 84.0 cm³/mol. The van der Waals surface area contributed by atoms with Crippen LogP contribution >= 0.6 is 11.8 Å². The van der Waals surface area contributed by atoms with Crippen LogP contribution in [0.4, 0.5) is 0 Å². The number of carbonyl (C=O) groups is 1. The maximum atomic E-state index is 12.6. The van der Waals surface area contributed by atoms with E-state index in [4.69, 9.17) is 5.11 Å². The molecule has 0 aliphatic carbocycles. The van der Waals surface area contributed by atoms with Gasteiger partial charge in [0, 0.05) is 18.8 Å². The van der Waals surface area contributed by atoms with Gasteiger partial charge in [-0.25, -0.2) is 4.98 Å². The van der Waals surface area contributed by atoms with Crippen molar-refractivity contribution in [3.8, 4) is 5.69 Å². The van der Waals surface area contributed by atoms with Gasteiger partial charge in [0.25, 0.3) is 5.91 Å². The van der Waals surface area contributed by atoms with E-state index < -0.39 is 0 Å². The second kappa shape index (κ2) is 7.28. The molecule has 1 N–H and O–H groups in total. The molecule has 0 aliphatic heterocycles. The SMILES string of the molecule is CCN(CCO)C(=O)c1cnc(SC)n1-c1ccccc1. The van der Waals surface area contributed by atoms with Gasteiger partial charge in [-0.2, -0.15) is 0 Å². The average Bonchev–Trinajstić information content (AvgIpc) is 2.96. The number of aliphatic hydroxyl groups excluding tert-OH is 1. The Kier molecular flexibility index (Phi) is 5.41. The van der Waals surface area contributed by atoms with Gasteiger partial charge < -0.3 is 10.0 Å². The fraction of sp³-hybridized carbons (Fsp3) is 0.333. The molecule has 2 rings (SSSR count). The van der Waals surface area contributed by atoms with Crippen LogP contribution in [0.5, 0.6) is 0 Å². The summed E-state index contributed by atoms with van der Waals surface area (Å²) in [4.78, 5) is 18.6. The number of amides is 1. The summed E-state index contributed by atoms with van der Waals surface area (Å²) >= 11 is 1.49. The third-order valence-electron chi connectivity index (χ3n) is 3.18. The first-order valence-corrected chi connectivity index (χ1v) is 8.02. The number of para-hydroxylation sites is 1. The maximum Gasteiger partial charge on any atom is 0.272 e. The fourth-order valence-electron chi connectivity index (χ4n) is 2.14. The molecule has 0 aliphatic rings. The van der Waals surface area contributed by atoms with Gasteiger partial charge in [-0.05, 0) is 25.3 Å². The number of hydrogen-bond acceptors (Lipinski definition) is 4. The molecule has 5 nitrogen and oxygen atoms in total. The highest BCUT2D eigenvalue weighted by Crippen LogP contribution is 2.22. The summed E-state index contributed by atoms with van der Waals surface area (Å²) in [5.41, 5.74) is 1.42. The summed E-state index contributed by atoms with van der Waals surface area (Å²) in [6.45, 7) is 2.72. The normalized spacial score (nSPS) is 10.6. The highest BCUT2D eigenvalue weighted by molar-refractivity contribution is 7.98. The van der Waals surface area contributed by atoms with Crippen molar-refractivity contribution >= 4 is 17.7 Å². The summed E-state index contributed by atoms with van der Waals surface area (Å²) in [5.74, 6) is -0.122. The number of rotatable bonds is 6. The molecule has 0 radical (unpaired) electrons. The lowest BCUT2D eigenvalue weighted by Crippen LogP contribution is -2.34. The Morgan fingerprint density at radius 1 is 1.38 bits per heavy atom. The first-order chi connectivity index (χ1) is 10.2. The average molecular weight is 305 g/mol. The van der Waals surface area contributed by atoms with Crippen LogP contribution in [-0.2, 0) is 0 Å². The third-order valence-corrected chi connectivity index (χ3v) is 3.84. The first kappa shape index (κ1) is 15.6. The minimum Gasteiger partial charge on any atom is -0.395 e. The Bertz CT molecular complexity index is 598. The lowest BCUT2D eigenvalue weighted by atomic mass is 10.3. The Labute approximate surface area is 128 Å². The fourth-order valence-corrected chi connectivity index (χ4v) is 2.69. The van der Waals surface area contributed by atoms with Gasteiger partial charge in [0.05, 0.1) is 12.8 Å². The first-order valence-electron chi connectivity index (χ1n) is 6.80. The molecule has 1 aromatic carbocycles. The molecular formula is C15H19N3O2S. The Morgan fingerprint density at radius 3 is 2.67 bits per heavy atom. The van der Waals surface area contributed by atoms with Crippen LogP contribution in [0.2, 0.25) is 0 Å². The molecule has 1 amide bonds. The van der Waals surface area contributed by atoms with Crippen molar-refractivity contribution in [1.29, 1.82) is 0 Å². The number of nitrogens with zero attached hydrogens (tertiary/aromatic N) is 3. The zero-order valence-electron chi connectivity index (χ0n) is 12.2. The number of likely N-dealkylation sites (N-methyl/N-ethyl adjacent to an activating group) is 1. The van der Waals surface area contributed by atoms with Crippen LogP contribution < -0.4 is 0 Å². The number of thioether (sulfide) groups is 1. The van der Waals surface area contributed by atoms with E-state index in [9.17, 15) is 4.79 Å². The van der Waals surface area contributed by atoms with Gasteiger partial charge in [-0.15, -0.1) is 0 Å². The molecule has 2 aromatic rings. The Balaban J connectivity index is 2.45. The molecule has 1 heterocycles. The summed E-state index contributed by atoms with van der Waals surface area (Å²) in [5, 5.41) is 9.85. The number of imidazole rings is 1.